The van der Waals surface area contributed by atoms with E-state index in [1.165, 1.54) is 7.11 Å². The number of aromatic nitrogens is 2. The molecule has 1 amide bonds. The van der Waals surface area contributed by atoms with Gasteiger partial charge in [-0.1, -0.05) is 0 Å². The number of rotatable bonds is 4. The molecular formula is C13H16N4O2. The predicted octanol–water partition coefficient (Wildman–Crippen LogP) is 1.75. The second kappa shape index (κ2) is 5.43. The lowest BCUT2D eigenvalue weighted by Gasteiger charge is -2.07. The van der Waals surface area contributed by atoms with Crippen molar-refractivity contribution in [3.8, 4) is 5.75 Å². The Bertz CT molecular complexity index is 592. The molecule has 0 aliphatic carbocycles. The first kappa shape index (κ1) is 12.9. The maximum atomic E-state index is 12.0. The van der Waals surface area contributed by atoms with Crippen LogP contribution < -0.4 is 15.8 Å². The van der Waals surface area contributed by atoms with Crippen molar-refractivity contribution in [2.24, 2.45) is 0 Å². The zero-order valence-electron chi connectivity index (χ0n) is 10.9. The van der Waals surface area contributed by atoms with E-state index < -0.39 is 0 Å². The molecule has 0 saturated heterocycles. The third kappa shape index (κ3) is 2.85. The number of nitrogens with zero attached hydrogens (tertiary/aromatic N) is 2. The van der Waals surface area contributed by atoms with Gasteiger partial charge in [0.2, 0.25) is 0 Å². The lowest BCUT2D eigenvalue weighted by Crippen LogP contribution is -2.11. The number of methoxy groups -OCH3 is 1. The van der Waals surface area contributed by atoms with E-state index in [9.17, 15) is 4.79 Å². The molecule has 1 aromatic carbocycles. The first-order valence-electron chi connectivity index (χ1n) is 5.91. The van der Waals surface area contributed by atoms with Crippen molar-refractivity contribution < 1.29 is 9.53 Å². The summed E-state index contributed by atoms with van der Waals surface area (Å²) in [4.78, 5) is 12.0. The van der Waals surface area contributed by atoms with Gasteiger partial charge in [-0.25, -0.2) is 0 Å². The molecule has 1 heterocycles. The van der Waals surface area contributed by atoms with E-state index >= 15 is 0 Å². The molecule has 0 aliphatic rings. The van der Waals surface area contributed by atoms with Gasteiger partial charge < -0.3 is 15.8 Å². The molecule has 2 aromatic rings. The van der Waals surface area contributed by atoms with Gasteiger partial charge in [-0.2, -0.15) is 5.10 Å². The summed E-state index contributed by atoms with van der Waals surface area (Å²) >= 11 is 0. The Morgan fingerprint density at radius 1 is 1.53 bits per heavy atom. The highest BCUT2D eigenvalue weighted by atomic mass is 16.5. The Morgan fingerprint density at radius 2 is 2.32 bits per heavy atom. The molecule has 0 radical (unpaired) electrons. The van der Waals surface area contributed by atoms with Crippen molar-refractivity contribution in [3.63, 3.8) is 0 Å². The van der Waals surface area contributed by atoms with E-state index in [1.54, 1.807) is 35.3 Å². The summed E-state index contributed by atoms with van der Waals surface area (Å²) in [6.07, 6.45) is 3.38. The maximum Gasteiger partial charge on any atom is 0.255 e. The van der Waals surface area contributed by atoms with Crippen LogP contribution >= 0.6 is 0 Å². The van der Waals surface area contributed by atoms with E-state index in [1.807, 2.05) is 6.92 Å². The summed E-state index contributed by atoms with van der Waals surface area (Å²) in [7, 11) is 1.51. The number of nitrogen functional groups attached to an aromatic ring is 1. The zero-order valence-corrected chi connectivity index (χ0v) is 10.9. The topological polar surface area (TPSA) is 82.2 Å². The molecule has 3 N–H and O–H groups in total. The summed E-state index contributed by atoms with van der Waals surface area (Å²) in [6.45, 7) is 2.73. The molecule has 19 heavy (non-hydrogen) atoms. The lowest BCUT2D eigenvalue weighted by atomic mass is 10.2. The number of amides is 1. The van der Waals surface area contributed by atoms with Crippen LogP contribution in [0.3, 0.4) is 0 Å². The van der Waals surface area contributed by atoms with Crippen molar-refractivity contribution in [2.75, 3.05) is 18.2 Å². The van der Waals surface area contributed by atoms with Gasteiger partial charge in [0.25, 0.3) is 5.91 Å². The number of aryl methyl sites for hydroxylation is 1. The number of ether oxygens (including phenoxy) is 1. The van der Waals surface area contributed by atoms with Crippen LogP contribution in [0.1, 0.15) is 17.3 Å². The van der Waals surface area contributed by atoms with Crippen LogP contribution in [-0.4, -0.2) is 22.8 Å². The summed E-state index contributed by atoms with van der Waals surface area (Å²) in [5, 5.41) is 6.85. The maximum absolute atomic E-state index is 12.0. The molecule has 0 atom stereocenters. The number of nitrogens with two attached hydrogens (primary N) is 1. The van der Waals surface area contributed by atoms with Crippen LogP contribution in [0.5, 0.6) is 5.75 Å². The fourth-order valence-electron chi connectivity index (χ4n) is 1.66. The highest BCUT2D eigenvalue weighted by molar-refractivity contribution is 6.04. The summed E-state index contributed by atoms with van der Waals surface area (Å²) in [6, 6.07) is 4.90. The molecule has 0 unspecified atom stereocenters. The van der Waals surface area contributed by atoms with Gasteiger partial charge in [0.05, 0.1) is 24.7 Å². The quantitative estimate of drug-likeness (QED) is 0.820. The number of carbonyl (C=O) groups is 1. The molecular weight excluding hydrogens is 244 g/mol. The normalized spacial score (nSPS) is 10.2. The number of hydrogen-bond acceptors (Lipinski definition) is 4. The van der Waals surface area contributed by atoms with Crippen LogP contribution in [0.15, 0.2) is 30.6 Å². The van der Waals surface area contributed by atoms with Crippen LogP contribution in [0, 0.1) is 0 Å². The van der Waals surface area contributed by atoms with Crippen molar-refractivity contribution >= 4 is 17.3 Å². The standard InChI is InChI=1S/C13H16N4O2/c1-3-17-8-10(7-15-17)16-13(18)9-4-5-11(14)12(6-9)19-2/h4-8H,3,14H2,1-2H3,(H,16,18). The van der Waals surface area contributed by atoms with Gasteiger partial charge in [0, 0.05) is 18.3 Å². The average molecular weight is 260 g/mol. The Labute approximate surface area is 111 Å². The second-order valence-corrected chi connectivity index (χ2v) is 4.00. The molecule has 0 spiro atoms. The molecule has 6 nitrogen and oxygen atoms in total. The van der Waals surface area contributed by atoms with Gasteiger partial charge in [-0.15, -0.1) is 0 Å². The van der Waals surface area contributed by atoms with Crippen LogP contribution in [0.2, 0.25) is 0 Å². The molecule has 2 rings (SSSR count). The van der Waals surface area contributed by atoms with E-state index in [0.29, 0.717) is 22.7 Å². The summed E-state index contributed by atoms with van der Waals surface area (Å²) in [5.41, 5.74) is 7.34. The smallest absolute Gasteiger partial charge is 0.255 e. The number of nitrogens with one attached hydrogen (secondary N) is 1. The SMILES string of the molecule is CCn1cc(NC(=O)c2ccc(N)c(OC)c2)cn1. The average Bonchev–Trinajstić information content (AvgIpc) is 2.86. The van der Waals surface area contributed by atoms with E-state index in [4.69, 9.17) is 10.5 Å². The Kier molecular flexibility index (Phi) is 3.70. The molecule has 0 fully saturated rings. The molecule has 100 valence electrons. The van der Waals surface area contributed by atoms with Crippen molar-refractivity contribution in [1.29, 1.82) is 0 Å². The van der Waals surface area contributed by atoms with Gasteiger partial charge in [0.15, 0.2) is 0 Å². The predicted molar refractivity (Wildman–Crippen MR) is 73.3 cm³/mol. The van der Waals surface area contributed by atoms with E-state index in [0.717, 1.165) is 6.54 Å². The molecule has 6 heteroatoms. The van der Waals surface area contributed by atoms with Crippen LogP contribution in [0.4, 0.5) is 11.4 Å². The lowest BCUT2D eigenvalue weighted by molar-refractivity contribution is 0.102. The van der Waals surface area contributed by atoms with Crippen molar-refractivity contribution in [2.45, 2.75) is 13.5 Å². The van der Waals surface area contributed by atoms with Crippen molar-refractivity contribution in [3.05, 3.63) is 36.2 Å². The largest absolute Gasteiger partial charge is 0.495 e. The van der Waals surface area contributed by atoms with Gasteiger partial charge in [-0.05, 0) is 25.1 Å². The van der Waals surface area contributed by atoms with Crippen LogP contribution in [0.25, 0.3) is 0 Å². The third-order valence-corrected chi connectivity index (χ3v) is 2.71. The number of anilines is 2. The van der Waals surface area contributed by atoms with E-state index in [-0.39, 0.29) is 5.91 Å². The second-order valence-electron chi connectivity index (χ2n) is 4.00. The first-order chi connectivity index (χ1) is 9.13. The Hall–Kier alpha value is -2.50. The van der Waals surface area contributed by atoms with Gasteiger partial charge in [0.1, 0.15) is 5.75 Å². The molecule has 0 saturated carbocycles. The molecule has 1 aromatic heterocycles. The van der Waals surface area contributed by atoms with Gasteiger partial charge in [-0.3, -0.25) is 9.48 Å². The number of hydrogen-bond donors (Lipinski definition) is 2. The minimum atomic E-state index is -0.228. The summed E-state index contributed by atoms with van der Waals surface area (Å²) < 4.78 is 6.82. The monoisotopic (exact) mass is 260 g/mol. The Balaban J connectivity index is 2.15. The highest BCUT2D eigenvalue weighted by Gasteiger charge is 2.10. The Morgan fingerprint density at radius 3 is 2.95 bits per heavy atom. The minimum absolute atomic E-state index is 0.228. The fourth-order valence-corrected chi connectivity index (χ4v) is 1.66. The van der Waals surface area contributed by atoms with Crippen LogP contribution in [-0.2, 0) is 6.54 Å². The zero-order chi connectivity index (χ0) is 13.8. The highest BCUT2D eigenvalue weighted by Crippen LogP contribution is 2.22. The fraction of sp³-hybridized carbons (Fsp3) is 0.231. The van der Waals surface area contributed by atoms with Gasteiger partial charge >= 0.3 is 0 Å². The van der Waals surface area contributed by atoms with Crippen molar-refractivity contribution in [1.82, 2.24) is 9.78 Å². The summed E-state index contributed by atoms with van der Waals surface area (Å²) in [5.74, 6) is 0.255. The first-order valence-corrected chi connectivity index (χ1v) is 5.91. The number of benzene rings is 1. The minimum Gasteiger partial charge on any atom is -0.495 e. The molecule has 0 bridgehead atoms. The third-order valence-electron chi connectivity index (χ3n) is 2.71. The molecule has 0 aliphatic heterocycles. The van der Waals surface area contributed by atoms with E-state index in [2.05, 4.69) is 10.4 Å². The number of carbonyl (C=O) groups excluding carboxylic acids is 1.